The molecule has 1 aliphatic carbocycles. The molecule has 21 heavy (non-hydrogen) atoms. The topological polar surface area (TPSA) is 46.9 Å². The average Bonchev–Trinajstić information content (AvgIpc) is 3.01. The summed E-state index contributed by atoms with van der Waals surface area (Å²) in [6.07, 6.45) is 7.38. The van der Waals surface area contributed by atoms with Gasteiger partial charge in [0, 0.05) is 11.7 Å². The molecule has 0 aliphatic heterocycles. The first-order valence-corrected chi connectivity index (χ1v) is 8.36. The van der Waals surface area contributed by atoms with Gasteiger partial charge in [-0.25, -0.2) is 0 Å². The highest BCUT2D eigenvalue weighted by Gasteiger charge is 2.29. The summed E-state index contributed by atoms with van der Waals surface area (Å²) < 4.78 is 1.83. The third-order valence-electron chi connectivity index (χ3n) is 4.71. The predicted octanol–water partition coefficient (Wildman–Crippen LogP) is 3.54. The average molecular weight is 291 g/mol. The molecule has 1 fully saturated rings. The monoisotopic (exact) mass is 291 g/mol. The third kappa shape index (κ3) is 3.86. The van der Waals surface area contributed by atoms with Gasteiger partial charge in [-0.3, -0.25) is 9.48 Å². The van der Waals surface area contributed by atoms with Gasteiger partial charge in [-0.15, -0.1) is 0 Å². The van der Waals surface area contributed by atoms with Crippen molar-refractivity contribution < 1.29 is 4.79 Å². The third-order valence-corrected chi connectivity index (χ3v) is 4.71. The zero-order chi connectivity index (χ0) is 15.4. The van der Waals surface area contributed by atoms with Crippen molar-refractivity contribution in [1.29, 1.82) is 0 Å². The van der Waals surface area contributed by atoms with Crippen molar-refractivity contribution >= 4 is 5.91 Å². The van der Waals surface area contributed by atoms with Gasteiger partial charge in [-0.05, 0) is 52.0 Å². The summed E-state index contributed by atoms with van der Waals surface area (Å²) in [4.78, 5) is 12.5. The van der Waals surface area contributed by atoms with Crippen LogP contribution in [0.1, 0.15) is 69.8 Å². The Morgan fingerprint density at radius 1 is 1.48 bits per heavy atom. The Morgan fingerprint density at radius 2 is 2.24 bits per heavy atom. The van der Waals surface area contributed by atoms with Crippen LogP contribution in [0.3, 0.4) is 0 Å². The smallest absolute Gasteiger partial charge is 0.244 e. The molecule has 3 atom stereocenters. The van der Waals surface area contributed by atoms with Crippen molar-refractivity contribution in [3.05, 3.63) is 17.5 Å². The van der Waals surface area contributed by atoms with E-state index in [0.717, 1.165) is 17.8 Å². The van der Waals surface area contributed by atoms with Crippen LogP contribution >= 0.6 is 0 Å². The van der Waals surface area contributed by atoms with Gasteiger partial charge in [0.1, 0.15) is 6.04 Å². The van der Waals surface area contributed by atoms with Crippen molar-refractivity contribution in [2.75, 3.05) is 0 Å². The Labute approximate surface area is 128 Å². The molecule has 118 valence electrons. The van der Waals surface area contributed by atoms with Crippen molar-refractivity contribution in [3.63, 3.8) is 0 Å². The van der Waals surface area contributed by atoms with Gasteiger partial charge in [-0.2, -0.15) is 5.10 Å². The molecule has 4 nitrogen and oxygen atoms in total. The molecule has 3 unspecified atom stereocenters. The lowest BCUT2D eigenvalue weighted by atomic mass is 9.96. The quantitative estimate of drug-likeness (QED) is 0.871. The molecular formula is C17H29N3O. The van der Waals surface area contributed by atoms with Crippen LogP contribution in [-0.2, 0) is 4.79 Å². The minimum absolute atomic E-state index is 0.106. The first-order valence-electron chi connectivity index (χ1n) is 8.36. The molecule has 2 rings (SSSR count). The Balaban J connectivity index is 1.95. The van der Waals surface area contributed by atoms with E-state index in [1.807, 2.05) is 31.5 Å². The number of aryl methyl sites for hydroxylation is 2. The first-order chi connectivity index (χ1) is 10.0. The SMILES string of the molecule is CCCCC1CCCC1NC(=O)C(C)n1nc(C)cc1C. The highest BCUT2D eigenvalue weighted by atomic mass is 16.2. The largest absolute Gasteiger partial charge is 0.351 e. The first kappa shape index (κ1) is 16.1. The fraction of sp³-hybridized carbons (Fsp3) is 0.765. The molecule has 1 amide bonds. The Bertz CT molecular complexity index is 480. The van der Waals surface area contributed by atoms with Crippen LogP contribution in [0.2, 0.25) is 0 Å². The fourth-order valence-corrected chi connectivity index (χ4v) is 3.49. The molecule has 1 aliphatic rings. The predicted molar refractivity (Wildman–Crippen MR) is 85.2 cm³/mol. The van der Waals surface area contributed by atoms with Crippen LogP contribution in [-0.4, -0.2) is 21.7 Å². The molecule has 0 bridgehead atoms. The lowest BCUT2D eigenvalue weighted by Gasteiger charge is -2.23. The number of unbranched alkanes of at least 4 members (excludes halogenated alkanes) is 1. The van der Waals surface area contributed by atoms with E-state index in [4.69, 9.17) is 0 Å². The van der Waals surface area contributed by atoms with Gasteiger partial charge in [-0.1, -0.05) is 26.2 Å². The number of hydrogen-bond donors (Lipinski definition) is 1. The summed E-state index contributed by atoms with van der Waals surface area (Å²) in [6, 6.07) is 2.15. The minimum atomic E-state index is -0.230. The van der Waals surface area contributed by atoms with Gasteiger partial charge >= 0.3 is 0 Å². The zero-order valence-electron chi connectivity index (χ0n) is 13.9. The van der Waals surface area contributed by atoms with Crippen molar-refractivity contribution in [2.45, 2.75) is 78.3 Å². The second kappa shape index (κ2) is 7.10. The van der Waals surface area contributed by atoms with Crippen LogP contribution in [0, 0.1) is 19.8 Å². The van der Waals surface area contributed by atoms with Gasteiger partial charge < -0.3 is 5.32 Å². The van der Waals surface area contributed by atoms with Crippen LogP contribution in [0.4, 0.5) is 0 Å². The standard InChI is InChI=1S/C17H29N3O/c1-5-6-8-15-9-7-10-16(15)18-17(21)14(4)20-13(3)11-12(2)19-20/h11,14-16H,5-10H2,1-4H3,(H,18,21). The van der Waals surface area contributed by atoms with Crippen molar-refractivity contribution in [2.24, 2.45) is 5.92 Å². The Kier molecular flexibility index (Phi) is 5.43. The van der Waals surface area contributed by atoms with Crippen LogP contribution < -0.4 is 5.32 Å². The van der Waals surface area contributed by atoms with Gasteiger partial charge in [0.15, 0.2) is 0 Å². The van der Waals surface area contributed by atoms with E-state index in [-0.39, 0.29) is 11.9 Å². The van der Waals surface area contributed by atoms with E-state index in [1.54, 1.807) is 0 Å². The molecule has 1 aromatic heterocycles. The lowest BCUT2D eigenvalue weighted by Crippen LogP contribution is -2.41. The summed E-state index contributed by atoms with van der Waals surface area (Å²) in [5.74, 6) is 0.774. The number of carbonyl (C=O) groups is 1. The molecule has 1 saturated carbocycles. The van der Waals surface area contributed by atoms with Gasteiger partial charge in [0.05, 0.1) is 5.69 Å². The zero-order valence-corrected chi connectivity index (χ0v) is 13.9. The van der Waals surface area contributed by atoms with Gasteiger partial charge in [0.2, 0.25) is 5.91 Å². The molecule has 0 saturated heterocycles. The number of rotatable bonds is 6. The second-order valence-electron chi connectivity index (χ2n) is 6.50. The van der Waals surface area contributed by atoms with Gasteiger partial charge in [0.25, 0.3) is 0 Å². The molecule has 0 radical (unpaired) electrons. The molecule has 0 spiro atoms. The number of aromatic nitrogens is 2. The second-order valence-corrected chi connectivity index (χ2v) is 6.50. The van der Waals surface area contributed by atoms with E-state index in [2.05, 4.69) is 17.3 Å². The van der Waals surface area contributed by atoms with E-state index in [1.165, 1.54) is 32.1 Å². The van der Waals surface area contributed by atoms with Crippen molar-refractivity contribution in [1.82, 2.24) is 15.1 Å². The number of nitrogens with one attached hydrogen (secondary N) is 1. The molecule has 0 aromatic carbocycles. The highest BCUT2D eigenvalue weighted by molar-refractivity contribution is 5.80. The van der Waals surface area contributed by atoms with Crippen LogP contribution in [0.5, 0.6) is 0 Å². The maximum absolute atomic E-state index is 12.5. The molecule has 1 heterocycles. The Morgan fingerprint density at radius 3 is 2.86 bits per heavy atom. The number of carbonyl (C=O) groups excluding carboxylic acids is 1. The van der Waals surface area contributed by atoms with E-state index in [9.17, 15) is 4.79 Å². The van der Waals surface area contributed by atoms with E-state index >= 15 is 0 Å². The molecule has 1 N–H and O–H groups in total. The lowest BCUT2D eigenvalue weighted by molar-refractivity contribution is -0.125. The molecule has 1 aromatic rings. The van der Waals surface area contributed by atoms with E-state index in [0.29, 0.717) is 12.0 Å². The Hall–Kier alpha value is -1.32. The summed E-state index contributed by atoms with van der Waals surface area (Å²) >= 11 is 0. The molecular weight excluding hydrogens is 262 g/mol. The highest BCUT2D eigenvalue weighted by Crippen LogP contribution is 2.30. The van der Waals surface area contributed by atoms with E-state index < -0.39 is 0 Å². The maximum Gasteiger partial charge on any atom is 0.244 e. The summed E-state index contributed by atoms with van der Waals surface area (Å²) in [5.41, 5.74) is 2.01. The van der Waals surface area contributed by atoms with Crippen molar-refractivity contribution in [3.8, 4) is 0 Å². The number of hydrogen-bond acceptors (Lipinski definition) is 2. The number of nitrogens with zero attached hydrogens (tertiary/aromatic N) is 2. The van der Waals surface area contributed by atoms with Crippen LogP contribution in [0.25, 0.3) is 0 Å². The minimum Gasteiger partial charge on any atom is -0.351 e. The molecule has 4 heteroatoms. The normalized spacial score (nSPS) is 23.2. The summed E-state index contributed by atoms with van der Waals surface area (Å²) in [7, 11) is 0. The number of amides is 1. The summed E-state index contributed by atoms with van der Waals surface area (Å²) in [6.45, 7) is 8.13. The fourth-order valence-electron chi connectivity index (χ4n) is 3.49. The summed E-state index contributed by atoms with van der Waals surface area (Å²) in [5, 5.41) is 7.70. The maximum atomic E-state index is 12.5. The van der Waals surface area contributed by atoms with Crippen LogP contribution in [0.15, 0.2) is 6.07 Å².